The van der Waals surface area contributed by atoms with E-state index in [0.717, 1.165) is 33.1 Å². The van der Waals surface area contributed by atoms with E-state index in [4.69, 9.17) is 4.98 Å². The van der Waals surface area contributed by atoms with Crippen molar-refractivity contribution in [3.05, 3.63) is 97.5 Å². The Bertz CT molecular complexity index is 1740. The fourth-order valence-electron chi connectivity index (χ4n) is 4.83. The largest absolute Gasteiger partial charge is 0.309 e. The van der Waals surface area contributed by atoms with Gasteiger partial charge in [-0.25, -0.2) is 4.98 Å². The van der Waals surface area contributed by atoms with Crippen LogP contribution in [0.15, 0.2) is 97.5 Å². The summed E-state index contributed by atoms with van der Waals surface area (Å²) in [7, 11) is 0. The average molecular weight is 384 g/mol. The van der Waals surface area contributed by atoms with Crippen molar-refractivity contribution < 1.29 is 0 Å². The van der Waals surface area contributed by atoms with Gasteiger partial charge in [0.1, 0.15) is 5.65 Å². The molecule has 0 aliphatic heterocycles. The number of benzene rings is 3. The van der Waals surface area contributed by atoms with Gasteiger partial charge in [-0.3, -0.25) is 9.38 Å². The van der Waals surface area contributed by atoms with Gasteiger partial charge in [-0.15, -0.1) is 0 Å². The third kappa shape index (κ3) is 1.90. The monoisotopic (exact) mass is 384 g/mol. The summed E-state index contributed by atoms with van der Waals surface area (Å²) < 4.78 is 4.47. The first-order valence-electron chi connectivity index (χ1n) is 10.0. The lowest BCUT2D eigenvalue weighted by Crippen LogP contribution is -1.94. The molecule has 30 heavy (non-hydrogen) atoms. The van der Waals surface area contributed by atoms with E-state index < -0.39 is 0 Å². The van der Waals surface area contributed by atoms with Gasteiger partial charge in [0, 0.05) is 45.8 Å². The zero-order chi connectivity index (χ0) is 19.7. The molecule has 0 aliphatic rings. The lowest BCUT2D eigenvalue weighted by molar-refractivity contribution is 1.18. The van der Waals surface area contributed by atoms with Crippen LogP contribution in [0.25, 0.3) is 54.9 Å². The van der Waals surface area contributed by atoms with E-state index in [2.05, 4.69) is 86.7 Å². The molecule has 4 nitrogen and oxygen atoms in total. The molecule has 0 bridgehead atoms. The van der Waals surface area contributed by atoms with Crippen LogP contribution < -0.4 is 0 Å². The summed E-state index contributed by atoms with van der Waals surface area (Å²) in [6.07, 6.45) is 5.74. The van der Waals surface area contributed by atoms with Crippen LogP contribution in [0.3, 0.4) is 0 Å². The topological polar surface area (TPSA) is 35.1 Å². The normalized spacial score (nSPS) is 12.0. The van der Waals surface area contributed by atoms with E-state index in [1.807, 2.05) is 24.7 Å². The van der Waals surface area contributed by atoms with Gasteiger partial charge in [0.05, 0.1) is 22.1 Å². The smallest absolute Gasteiger partial charge is 0.145 e. The van der Waals surface area contributed by atoms with Crippen LogP contribution >= 0.6 is 0 Å². The Labute approximate surface area is 171 Å². The zero-order valence-electron chi connectivity index (χ0n) is 16.0. The van der Waals surface area contributed by atoms with Crippen molar-refractivity contribution in [3.63, 3.8) is 0 Å². The first-order chi connectivity index (χ1) is 14.9. The summed E-state index contributed by atoms with van der Waals surface area (Å²) in [4.78, 5) is 9.50. The minimum Gasteiger partial charge on any atom is -0.309 e. The van der Waals surface area contributed by atoms with Crippen LogP contribution in [0.2, 0.25) is 0 Å². The SMILES string of the molecule is c1ccc(-n2c3ccccc3c3c4c(ccc32)c2nccn2c2cccnc42)cc1. The predicted molar refractivity (Wildman–Crippen MR) is 122 cm³/mol. The first-order valence-corrected chi connectivity index (χ1v) is 10.0. The highest BCUT2D eigenvalue weighted by atomic mass is 15.0. The molecular weight excluding hydrogens is 368 g/mol. The number of hydrogen-bond acceptors (Lipinski definition) is 2. The molecule has 0 amide bonds. The highest BCUT2D eigenvalue weighted by molar-refractivity contribution is 6.29. The van der Waals surface area contributed by atoms with Crippen molar-refractivity contribution in [2.75, 3.05) is 0 Å². The minimum atomic E-state index is 0.962. The standard InChI is InChI=1S/C26H16N4/c1-2-7-17(8-3-1)30-20-10-5-4-9-18(20)23-21(30)13-12-19-24(23)25-22(11-6-14-27-25)29-16-15-28-26(19)29/h1-16H. The van der Waals surface area contributed by atoms with Gasteiger partial charge in [0.15, 0.2) is 0 Å². The van der Waals surface area contributed by atoms with Crippen LogP contribution in [-0.4, -0.2) is 18.9 Å². The third-order valence-corrected chi connectivity index (χ3v) is 6.02. The van der Waals surface area contributed by atoms with Crippen LogP contribution in [0.5, 0.6) is 0 Å². The third-order valence-electron chi connectivity index (χ3n) is 6.02. The van der Waals surface area contributed by atoms with Gasteiger partial charge in [0.2, 0.25) is 0 Å². The van der Waals surface area contributed by atoms with Gasteiger partial charge >= 0.3 is 0 Å². The first kappa shape index (κ1) is 15.7. The Morgan fingerprint density at radius 1 is 0.567 bits per heavy atom. The molecule has 4 heterocycles. The Morgan fingerprint density at radius 2 is 1.40 bits per heavy atom. The molecule has 7 rings (SSSR count). The van der Waals surface area contributed by atoms with Crippen LogP contribution in [0.4, 0.5) is 0 Å². The summed E-state index contributed by atoms with van der Waals surface area (Å²) in [5, 5.41) is 4.73. The zero-order valence-corrected chi connectivity index (χ0v) is 16.0. The van der Waals surface area contributed by atoms with Gasteiger partial charge in [-0.05, 0) is 42.5 Å². The second kappa shape index (κ2) is 5.67. The molecule has 4 aromatic heterocycles. The number of hydrogen-bond donors (Lipinski definition) is 0. The molecule has 140 valence electrons. The van der Waals surface area contributed by atoms with E-state index >= 15 is 0 Å². The number of aromatic nitrogens is 4. The number of pyridine rings is 2. The van der Waals surface area contributed by atoms with E-state index in [9.17, 15) is 0 Å². The summed E-state index contributed by atoms with van der Waals surface area (Å²) in [6, 6.07) is 27.7. The van der Waals surface area contributed by atoms with Crippen molar-refractivity contribution in [3.8, 4) is 5.69 Å². The quantitative estimate of drug-likeness (QED) is 0.319. The van der Waals surface area contributed by atoms with Crippen molar-refractivity contribution in [2.45, 2.75) is 0 Å². The van der Waals surface area contributed by atoms with Crippen LogP contribution in [0.1, 0.15) is 0 Å². The van der Waals surface area contributed by atoms with Crippen LogP contribution in [-0.2, 0) is 0 Å². The lowest BCUT2D eigenvalue weighted by atomic mass is 10.0. The predicted octanol–water partition coefficient (Wildman–Crippen LogP) is 6.13. The van der Waals surface area contributed by atoms with Gasteiger partial charge in [0.25, 0.3) is 0 Å². The summed E-state index contributed by atoms with van der Waals surface area (Å²) >= 11 is 0. The Kier molecular flexibility index (Phi) is 2.97. The Balaban J connectivity index is 1.83. The van der Waals surface area contributed by atoms with Gasteiger partial charge in [-0.2, -0.15) is 0 Å². The van der Waals surface area contributed by atoms with E-state index in [0.29, 0.717) is 0 Å². The Hall–Kier alpha value is -4.18. The molecule has 0 fully saturated rings. The molecule has 0 radical (unpaired) electrons. The van der Waals surface area contributed by atoms with E-state index in [1.165, 1.54) is 21.8 Å². The molecule has 0 saturated carbocycles. The van der Waals surface area contributed by atoms with Gasteiger partial charge in [-0.1, -0.05) is 36.4 Å². The summed E-state index contributed by atoms with van der Waals surface area (Å²) in [5.41, 5.74) is 6.56. The fourth-order valence-corrected chi connectivity index (χ4v) is 4.83. The number of para-hydroxylation sites is 2. The average Bonchev–Trinajstić information content (AvgIpc) is 3.43. The molecule has 0 aliphatic carbocycles. The molecular formula is C26H16N4. The highest BCUT2D eigenvalue weighted by Crippen LogP contribution is 2.40. The maximum atomic E-state index is 4.82. The van der Waals surface area contributed by atoms with Crippen molar-refractivity contribution in [1.82, 2.24) is 18.9 Å². The second-order valence-corrected chi connectivity index (χ2v) is 7.56. The van der Waals surface area contributed by atoms with E-state index in [-0.39, 0.29) is 0 Å². The molecule has 0 saturated heterocycles. The maximum absolute atomic E-state index is 4.82. The number of fused-ring (bicyclic) bond motifs is 10. The Morgan fingerprint density at radius 3 is 2.33 bits per heavy atom. The molecule has 0 N–H and O–H groups in total. The molecule has 4 heteroatoms. The number of rotatable bonds is 1. The van der Waals surface area contributed by atoms with Gasteiger partial charge < -0.3 is 4.57 Å². The second-order valence-electron chi connectivity index (χ2n) is 7.56. The molecule has 0 unspecified atom stereocenters. The molecule has 0 atom stereocenters. The van der Waals surface area contributed by atoms with Crippen molar-refractivity contribution >= 4 is 49.3 Å². The molecule has 3 aromatic carbocycles. The molecule has 7 aromatic rings. The lowest BCUT2D eigenvalue weighted by Gasteiger charge is -2.10. The van der Waals surface area contributed by atoms with E-state index in [1.54, 1.807) is 0 Å². The van der Waals surface area contributed by atoms with Crippen molar-refractivity contribution in [1.29, 1.82) is 0 Å². The molecule has 0 spiro atoms. The summed E-state index contributed by atoms with van der Waals surface area (Å²) in [5.74, 6) is 0. The van der Waals surface area contributed by atoms with Crippen LogP contribution in [0, 0.1) is 0 Å². The fraction of sp³-hybridized carbons (Fsp3) is 0. The number of nitrogens with zero attached hydrogens (tertiary/aromatic N) is 4. The highest BCUT2D eigenvalue weighted by Gasteiger charge is 2.18. The maximum Gasteiger partial charge on any atom is 0.145 e. The summed E-state index contributed by atoms with van der Waals surface area (Å²) in [6.45, 7) is 0. The van der Waals surface area contributed by atoms with Crippen molar-refractivity contribution in [2.24, 2.45) is 0 Å². The minimum absolute atomic E-state index is 0.962. The number of imidazole rings is 1.